The van der Waals surface area contributed by atoms with Crippen LogP contribution in [0.2, 0.25) is 0 Å². The van der Waals surface area contributed by atoms with E-state index in [-0.39, 0.29) is 5.78 Å². The minimum absolute atomic E-state index is 0.0538. The molecule has 24 heavy (non-hydrogen) atoms. The molecule has 0 radical (unpaired) electrons. The fourth-order valence-electron chi connectivity index (χ4n) is 2.82. The number of unbranched alkanes of at least 4 members (excludes halogenated alkanes) is 1. The Kier molecular flexibility index (Phi) is 6.10. The smallest absolute Gasteiger partial charge is 0.158 e. The zero-order chi connectivity index (χ0) is 17.7. The molecule has 0 spiro atoms. The average Bonchev–Trinajstić information content (AvgIpc) is 2.54. The van der Waals surface area contributed by atoms with Crippen LogP contribution in [0.25, 0.3) is 0 Å². The summed E-state index contributed by atoms with van der Waals surface area (Å²) in [5.41, 5.74) is 2.67. The molecule has 0 saturated carbocycles. The monoisotopic (exact) mass is 342 g/mol. The number of ether oxygens (including phenoxy) is 1. The molecule has 1 aromatic rings. The predicted molar refractivity (Wildman–Crippen MR) is 97.7 cm³/mol. The Morgan fingerprint density at radius 2 is 2.04 bits per heavy atom. The van der Waals surface area contributed by atoms with Crippen molar-refractivity contribution in [2.24, 2.45) is 0 Å². The molecule has 0 aliphatic carbocycles. The number of thiol groups is 1. The van der Waals surface area contributed by atoms with Crippen LogP contribution in [0, 0.1) is 11.3 Å². The number of dihydropyridines is 1. The summed E-state index contributed by atoms with van der Waals surface area (Å²) < 4.78 is 5.68. The number of carbonyl (C=O) groups is 1. The Hall–Kier alpha value is -2.19. The molecular formula is C19H22N2O2S. The van der Waals surface area contributed by atoms with E-state index in [9.17, 15) is 10.1 Å². The van der Waals surface area contributed by atoms with Gasteiger partial charge < -0.3 is 10.1 Å². The number of hydrogen-bond donors (Lipinski definition) is 2. The van der Waals surface area contributed by atoms with E-state index in [0.29, 0.717) is 22.8 Å². The maximum absolute atomic E-state index is 12.1. The van der Waals surface area contributed by atoms with Gasteiger partial charge in [-0.15, -0.1) is 12.6 Å². The Bertz CT molecular complexity index is 727. The zero-order valence-electron chi connectivity index (χ0n) is 14.2. The molecule has 1 aliphatic heterocycles. The first-order valence-electron chi connectivity index (χ1n) is 8.04. The molecule has 0 unspecified atom stereocenters. The first-order chi connectivity index (χ1) is 11.5. The van der Waals surface area contributed by atoms with Gasteiger partial charge in [-0.1, -0.05) is 25.5 Å². The van der Waals surface area contributed by atoms with E-state index >= 15 is 0 Å². The van der Waals surface area contributed by atoms with Crippen LogP contribution < -0.4 is 10.1 Å². The molecule has 2 rings (SSSR count). The summed E-state index contributed by atoms with van der Waals surface area (Å²) in [4.78, 5) is 12.1. The van der Waals surface area contributed by atoms with Crippen molar-refractivity contribution in [3.8, 4) is 11.8 Å². The number of benzene rings is 1. The lowest BCUT2D eigenvalue weighted by atomic mass is 9.81. The third-order valence-electron chi connectivity index (χ3n) is 4.02. The van der Waals surface area contributed by atoms with Gasteiger partial charge >= 0.3 is 0 Å². The highest BCUT2D eigenvalue weighted by Crippen LogP contribution is 2.39. The van der Waals surface area contributed by atoms with Crippen molar-refractivity contribution < 1.29 is 9.53 Å². The SMILES string of the molecule is CCCCOc1ccc([C@H]2C(C#N)=C(S)NC(C)=C2C(C)=O)cc1. The molecule has 126 valence electrons. The summed E-state index contributed by atoms with van der Waals surface area (Å²) in [6.45, 7) is 6.15. The molecule has 5 heteroatoms. The Balaban J connectivity index is 2.37. The van der Waals surface area contributed by atoms with Gasteiger partial charge in [-0.25, -0.2) is 0 Å². The molecule has 0 saturated heterocycles. The summed E-state index contributed by atoms with van der Waals surface area (Å²) in [5, 5.41) is 13.0. The van der Waals surface area contributed by atoms with Crippen LogP contribution in [0.5, 0.6) is 5.75 Å². The Morgan fingerprint density at radius 1 is 1.38 bits per heavy atom. The molecule has 1 aromatic carbocycles. The molecule has 1 atom stereocenters. The molecule has 4 nitrogen and oxygen atoms in total. The number of nitriles is 1. The van der Waals surface area contributed by atoms with Gasteiger partial charge in [0.05, 0.1) is 29.2 Å². The van der Waals surface area contributed by atoms with Crippen molar-refractivity contribution in [1.29, 1.82) is 5.26 Å². The molecule has 0 amide bonds. The summed E-state index contributed by atoms with van der Waals surface area (Å²) in [6.07, 6.45) is 2.09. The van der Waals surface area contributed by atoms with Gasteiger partial charge in [0.15, 0.2) is 5.78 Å². The summed E-state index contributed by atoms with van der Waals surface area (Å²) in [7, 11) is 0. The molecular weight excluding hydrogens is 320 g/mol. The van der Waals surface area contributed by atoms with Crippen LogP contribution in [0.3, 0.4) is 0 Å². The van der Waals surface area contributed by atoms with Crippen LogP contribution in [-0.2, 0) is 4.79 Å². The number of carbonyl (C=O) groups excluding carboxylic acids is 1. The fourth-order valence-corrected chi connectivity index (χ4v) is 3.17. The average molecular weight is 342 g/mol. The molecule has 0 bridgehead atoms. The lowest BCUT2D eigenvalue weighted by Crippen LogP contribution is -2.26. The number of hydrogen-bond acceptors (Lipinski definition) is 5. The van der Waals surface area contributed by atoms with Crippen LogP contribution >= 0.6 is 12.6 Å². The number of allylic oxidation sites excluding steroid dienone is 3. The normalized spacial score (nSPS) is 17.4. The van der Waals surface area contributed by atoms with E-state index < -0.39 is 5.92 Å². The third kappa shape index (κ3) is 3.82. The standard InChI is InChI=1S/C19H22N2O2S/c1-4-5-10-23-15-8-6-14(7-9-15)18-16(11-20)19(24)21-12(2)17(18)13(3)22/h6-9,18,21,24H,4-5,10H2,1-3H3/t18-/m0/s1. The topological polar surface area (TPSA) is 62.1 Å². The van der Waals surface area contributed by atoms with Crippen molar-refractivity contribution in [3.63, 3.8) is 0 Å². The van der Waals surface area contributed by atoms with Crippen LogP contribution in [0.15, 0.2) is 46.1 Å². The number of nitrogens with one attached hydrogen (secondary N) is 1. The number of ketones is 1. The third-order valence-corrected chi connectivity index (χ3v) is 4.37. The highest BCUT2D eigenvalue weighted by molar-refractivity contribution is 7.84. The van der Waals surface area contributed by atoms with Crippen molar-refractivity contribution in [1.82, 2.24) is 5.32 Å². The fraction of sp³-hybridized carbons (Fsp3) is 0.368. The van der Waals surface area contributed by atoms with E-state index in [4.69, 9.17) is 4.74 Å². The quantitative estimate of drug-likeness (QED) is 0.604. The number of rotatable bonds is 6. The van der Waals surface area contributed by atoms with Crippen molar-refractivity contribution in [3.05, 3.63) is 51.7 Å². The van der Waals surface area contributed by atoms with Crippen LogP contribution in [0.1, 0.15) is 45.1 Å². The second kappa shape index (κ2) is 8.07. The Morgan fingerprint density at radius 3 is 2.58 bits per heavy atom. The van der Waals surface area contributed by atoms with Gasteiger partial charge in [0.2, 0.25) is 0 Å². The van der Waals surface area contributed by atoms with E-state index in [0.717, 1.165) is 29.9 Å². The van der Waals surface area contributed by atoms with Crippen molar-refractivity contribution in [2.75, 3.05) is 6.61 Å². The van der Waals surface area contributed by atoms with Crippen LogP contribution in [0.4, 0.5) is 0 Å². The lowest BCUT2D eigenvalue weighted by Gasteiger charge is -2.28. The van der Waals surface area contributed by atoms with Gasteiger partial charge in [-0.2, -0.15) is 5.26 Å². The second-order valence-electron chi connectivity index (χ2n) is 5.80. The van der Waals surface area contributed by atoms with Crippen molar-refractivity contribution in [2.45, 2.75) is 39.5 Å². The Labute approximate surface area is 148 Å². The van der Waals surface area contributed by atoms with Gasteiger partial charge in [0.1, 0.15) is 5.75 Å². The highest BCUT2D eigenvalue weighted by atomic mass is 32.1. The maximum atomic E-state index is 12.1. The number of Topliss-reactive ketones (excluding diaryl/α,β-unsaturated/α-hetero) is 1. The van der Waals surface area contributed by atoms with Crippen LogP contribution in [-0.4, -0.2) is 12.4 Å². The number of nitrogens with zero attached hydrogens (tertiary/aromatic N) is 1. The van der Waals surface area contributed by atoms with Crippen molar-refractivity contribution >= 4 is 18.4 Å². The van der Waals surface area contributed by atoms with E-state index in [1.54, 1.807) is 0 Å². The van der Waals surface area contributed by atoms with Gasteiger partial charge in [0, 0.05) is 11.3 Å². The summed E-state index contributed by atoms with van der Waals surface area (Å²) >= 11 is 4.37. The molecule has 0 aromatic heterocycles. The minimum Gasteiger partial charge on any atom is -0.494 e. The summed E-state index contributed by atoms with van der Waals surface area (Å²) in [5.74, 6) is 0.340. The van der Waals surface area contributed by atoms with E-state index in [1.165, 1.54) is 6.92 Å². The minimum atomic E-state index is -0.397. The van der Waals surface area contributed by atoms with E-state index in [1.807, 2.05) is 31.2 Å². The molecule has 1 N–H and O–H groups in total. The van der Waals surface area contributed by atoms with Gasteiger partial charge in [-0.3, -0.25) is 4.79 Å². The first kappa shape index (κ1) is 18.2. The lowest BCUT2D eigenvalue weighted by molar-refractivity contribution is -0.113. The molecule has 0 fully saturated rings. The van der Waals surface area contributed by atoms with Gasteiger partial charge in [-0.05, 0) is 38.0 Å². The first-order valence-corrected chi connectivity index (χ1v) is 8.49. The van der Waals surface area contributed by atoms with Gasteiger partial charge in [0.25, 0.3) is 0 Å². The predicted octanol–water partition coefficient (Wildman–Crippen LogP) is 4.08. The maximum Gasteiger partial charge on any atom is 0.158 e. The largest absolute Gasteiger partial charge is 0.494 e. The van der Waals surface area contributed by atoms with E-state index in [2.05, 4.69) is 30.9 Å². The zero-order valence-corrected chi connectivity index (χ0v) is 15.1. The molecule has 1 aliphatic rings. The highest BCUT2D eigenvalue weighted by Gasteiger charge is 2.31. The molecule has 1 heterocycles. The second-order valence-corrected chi connectivity index (χ2v) is 6.25. The summed E-state index contributed by atoms with van der Waals surface area (Å²) in [6, 6.07) is 9.77.